The molecule has 0 bridgehead atoms. The van der Waals surface area contributed by atoms with E-state index in [0.29, 0.717) is 42.9 Å². The summed E-state index contributed by atoms with van der Waals surface area (Å²) in [6, 6.07) is 8.52. The molecule has 0 saturated carbocycles. The van der Waals surface area contributed by atoms with Crippen LogP contribution in [-0.4, -0.2) is 47.4 Å². The number of benzene rings is 1. The molecule has 0 radical (unpaired) electrons. The third kappa shape index (κ3) is 4.13. The molecule has 1 unspecified atom stereocenters. The minimum atomic E-state index is -0.425. The Kier molecular flexibility index (Phi) is 5.78. The topological polar surface area (TPSA) is 73.7 Å². The van der Waals surface area contributed by atoms with E-state index in [0.717, 1.165) is 12.8 Å². The van der Waals surface area contributed by atoms with Gasteiger partial charge in [0.1, 0.15) is 5.75 Å². The summed E-state index contributed by atoms with van der Waals surface area (Å²) in [6.45, 7) is 5.63. The first-order valence-corrected chi connectivity index (χ1v) is 9.24. The Morgan fingerprint density at radius 3 is 2.67 bits per heavy atom. The molecule has 27 heavy (non-hydrogen) atoms. The monoisotopic (exact) mass is 371 g/mol. The van der Waals surface area contributed by atoms with Gasteiger partial charge in [0.25, 0.3) is 5.91 Å². The number of amides is 1. The quantitative estimate of drug-likeness (QED) is 0.807. The predicted octanol–water partition coefficient (Wildman–Crippen LogP) is 2.51. The number of carbonyl (C=O) groups excluding carboxylic acids is 1. The molecule has 1 atom stereocenters. The summed E-state index contributed by atoms with van der Waals surface area (Å²) in [5, 5.41) is 4.36. The third-order valence-electron chi connectivity index (χ3n) is 4.65. The van der Waals surface area contributed by atoms with Crippen LogP contribution in [0.3, 0.4) is 0 Å². The maximum atomic E-state index is 12.9. The van der Waals surface area contributed by atoms with E-state index >= 15 is 0 Å². The molecular formula is C20H25N3O4. The molecular weight excluding hydrogens is 346 g/mol. The zero-order valence-corrected chi connectivity index (χ0v) is 16.0. The molecule has 0 spiro atoms. The fourth-order valence-corrected chi connectivity index (χ4v) is 3.27. The highest BCUT2D eigenvalue weighted by Crippen LogP contribution is 2.20. The Balaban J connectivity index is 2.02. The van der Waals surface area contributed by atoms with Crippen molar-refractivity contribution in [1.82, 2.24) is 14.7 Å². The summed E-state index contributed by atoms with van der Waals surface area (Å²) in [5.74, 6) is 1.11. The van der Waals surface area contributed by atoms with Gasteiger partial charge in [-0.3, -0.25) is 9.59 Å². The number of nitrogens with zero attached hydrogens (tertiary/aromatic N) is 3. The molecule has 0 N–H and O–H groups in total. The summed E-state index contributed by atoms with van der Waals surface area (Å²) in [5.41, 5.74) is 0.176. The number of methoxy groups -OCH3 is 1. The SMILES string of the molecule is CCOc1cc(=O)c(C(=O)N2CCCC(C)C2)nn1-c1ccc(OC)cc1. The van der Waals surface area contributed by atoms with Gasteiger partial charge in [0, 0.05) is 13.1 Å². The Hall–Kier alpha value is -2.83. The first kappa shape index (κ1) is 18.9. The van der Waals surface area contributed by atoms with Crippen LogP contribution in [0.1, 0.15) is 37.2 Å². The highest BCUT2D eigenvalue weighted by molar-refractivity contribution is 5.92. The lowest BCUT2D eigenvalue weighted by Gasteiger charge is -2.30. The van der Waals surface area contributed by atoms with Gasteiger partial charge >= 0.3 is 0 Å². The fraction of sp³-hybridized carbons (Fsp3) is 0.450. The van der Waals surface area contributed by atoms with Crippen molar-refractivity contribution in [3.05, 3.63) is 46.2 Å². The molecule has 1 saturated heterocycles. The predicted molar refractivity (Wildman–Crippen MR) is 102 cm³/mol. The Morgan fingerprint density at radius 2 is 2.04 bits per heavy atom. The number of hydrogen-bond donors (Lipinski definition) is 0. The van der Waals surface area contributed by atoms with Gasteiger partial charge in [-0.25, -0.2) is 4.68 Å². The van der Waals surface area contributed by atoms with Crippen LogP contribution in [0, 0.1) is 5.92 Å². The van der Waals surface area contributed by atoms with Gasteiger partial charge in [-0.15, -0.1) is 0 Å². The molecule has 1 aromatic heterocycles. The van der Waals surface area contributed by atoms with Crippen LogP contribution in [0.2, 0.25) is 0 Å². The lowest BCUT2D eigenvalue weighted by atomic mass is 10.00. The number of piperidine rings is 1. The van der Waals surface area contributed by atoms with Crippen molar-refractivity contribution in [2.75, 3.05) is 26.8 Å². The molecule has 0 aliphatic carbocycles. The second kappa shape index (κ2) is 8.24. The lowest BCUT2D eigenvalue weighted by molar-refractivity contribution is 0.0673. The fourth-order valence-electron chi connectivity index (χ4n) is 3.27. The lowest BCUT2D eigenvalue weighted by Crippen LogP contribution is -2.41. The summed E-state index contributed by atoms with van der Waals surface area (Å²) in [7, 11) is 1.59. The van der Waals surface area contributed by atoms with Crippen molar-refractivity contribution in [2.24, 2.45) is 5.92 Å². The first-order valence-electron chi connectivity index (χ1n) is 9.24. The summed E-state index contributed by atoms with van der Waals surface area (Å²) < 4.78 is 12.2. The Morgan fingerprint density at radius 1 is 1.30 bits per heavy atom. The van der Waals surface area contributed by atoms with E-state index in [-0.39, 0.29) is 11.6 Å². The molecule has 1 amide bonds. The number of ether oxygens (including phenoxy) is 2. The summed E-state index contributed by atoms with van der Waals surface area (Å²) >= 11 is 0. The van der Waals surface area contributed by atoms with Gasteiger partial charge < -0.3 is 14.4 Å². The van der Waals surface area contributed by atoms with E-state index in [2.05, 4.69) is 12.0 Å². The first-order chi connectivity index (χ1) is 13.0. The maximum Gasteiger partial charge on any atom is 0.278 e. The van der Waals surface area contributed by atoms with Crippen LogP contribution in [0.15, 0.2) is 35.1 Å². The molecule has 2 heterocycles. The zero-order valence-electron chi connectivity index (χ0n) is 16.0. The van der Waals surface area contributed by atoms with E-state index < -0.39 is 5.43 Å². The molecule has 1 aliphatic heterocycles. The number of hydrogen-bond acceptors (Lipinski definition) is 5. The maximum absolute atomic E-state index is 12.9. The largest absolute Gasteiger partial charge is 0.497 e. The van der Waals surface area contributed by atoms with Gasteiger partial charge in [-0.1, -0.05) is 6.92 Å². The van der Waals surface area contributed by atoms with Gasteiger partial charge in [0.2, 0.25) is 11.3 Å². The standard InChI is InChI=1S/C20H25N3O4/c1-4-27-18-12-17(24)19(20(25)22-11-5-6-14(2)13-22)21-23(18)15-7-9-16(26-3)10-8-15/h7-10,12,14H,4-6,11,13H2,1-3H3. The smallest absolute Gasteiger partial charge is 0.278 e. The molecule has 1 aliphatic rings. The Bertz CT molecular complexity index is 861. The molecule has 2 aromatic rings. The molecule has 1 aromatic carbocycles. The van der Waals surface area contributed by atoms with Crippen LogP contribution in [-0.2, 0) is 0 Å². The average Bonchev–Trinajstić information content (AvgIpc) is 2.68. The summed E-state index contributed by atoms with van der Waals surface area (Å²) in [4.78, 5) is 27.2. The number of carbonyl (C=O) groups is 1. The van der Waals surface area contributed by atoms with Gasteiger partial charge in [0.15, 0.2) is 5.69 Å². The van der Waals surface area contributed by atoms with Crippen molar-refractivity contribution in [3.63, 3.8) is 0 Å². The van der Waals surface area contributed by atoms with E-state index in [4.69, 9.17) is 9.47 Å². The van der Waals surface area contributed by atoms with Crippen molar-refractivity contribution in [3.8, 4) is 17.3 Å². The minimum absolute atomic E-state index is 0.0802. The molecule has 3 rings (SSSR count). The van der Waals surface area contributed by atoms with Crippen LogP contribution in [0.4, 0.5) is 0 Å². The second-order valence-corrected chi connectivity index (χ2v) is 6.74. The number of likely N-dealkylation sites (tertiary alicyclic amines) is 1. The van der Waals surface area contributed by atoms with Crippen molar-refractivity contribution in [2.45, 2.75) is 26.7 Å². The van der Waals surface area contributed by atoms with Crippen molar-refractivity contribution < 1.29 is 14.3 Å². The molecule has 144 valence electrons. The molecule has 1 fully saturated rings. The van der Waals surface area contributed by atoms with E-state index in [1.807, 2.05) is 6.92 Å². The van der Waals surface area contributed by atoms with Crippen LogP contribution in [0.5, 0.6) is 11.6 Å². The normalized spacial score (nSPS) is 16.9. The highest BCUT2D eigenvalue weighted by Gasteiger charge is 2.26. The summed E-state index contributed by atoms with van der Waals surface area (Å²) in [6.07, 6.45) is 2.03. The zero-order chi connectivity index (χ0) is 19.4. The van der Waals surface area contributed by atoms with Crippen LogP contribution < -0.4 is 14.9 Å². The third-order valence-corrected chi connectivity index (χ3v) is 4.65. The minimum Gasteiger partial charge on any atom is -0.497 e. The van der Waals surface area contributed by atoms with E-state index in [1.54, 1.807) is 36.3 Å². The van der Waals surface area contributed by atoms with Crippen LogP contribution >= 0.6 is 0 Å². The average molecular weight is 371 g/mol. The van der Waals surface area contributed by atoms with E-state index in [9.17, 15) is 9.59 Å². The number of aromatic nitrogens is 2. The molecule has 7 heteroatoms. The Labute approximate surface area is 158 Å². The highest BCUT2D eigenvalue weighted by atomic mass is 16.5. The van der Waals surface area contributed by atoms with E-state index in [1.165, 1.54) is 10.7 Å². The van der Waals surface area contributed by atoms with Crippen LogP contribution in [0.25, 0.3) is 5.69 Å². The van der Waals surface area contributed by atoms with Crippen molar-refractivity contribution >= 4 is 5.91 Å². The molecule has 7 nitrogen and oxygen atoms in total. The van der Waals surface area contributed by atoms with Crippen molar-refractivity contribution in [1.29, 1.82) is 0 Å². The number of rotatable bonds is 5. The van der Waals surface area contributed by atoms with Gasteiger partial charge in [-0.05, 0) is 49.9 Å². The van der Waals surface area contributed by atoms with Gasteiger partial charge in [-0.2, -0.15) is 5.10 Å². The second-order valence-electron chi connectivity index (χ2n) is 6.74. The van der Waals surface area contributed by atoms with Gasteiger partial charge in [0.05, 0.1) is 25.5 Å².